The summed E-state index contributed by atoms with van der Waals surface area (Å²) >= 11 is -0.144. The molecule has 1 atom stereocenters. The largest absolute Gasteiger partial charge is 0.446 e. The Kier molecular flexibility index (Phi) is 8.30. The molecular formula is C26H24F5NS. The van der Waals surface area contributed by atoms with Crippen molar-refractivity contribution < 1.29 is 22.0 Å². The Labute approximate surface area is 194 Å². The minimum Gasteiger partial charge on any atom is -0.281 e. The van der Waals surface area contributed by atoms with Gasteiger partial charge >= 0.3 is 5.51 Å². The van der Waals surface area contributed by atoms with Crippen molar-refractivity contribution >= 4 is 17.5 Å². The zero-order valence-corrected chi connectivity index (χ0v) is 19.1. The van der Waals surface area contributed by atoms with Gasteiger partial charge in [-0.15, -0.1) is 0 Å². The second kappa shape index (κ2) is 11.0. The van der Waals surface area contributed by atoms with E-state index in [1.54, 1.807) is 12.1 Å². The maximum absolute atomic E-state index is 14.0. The third kappa shape index (κ3) is 6.67. The van der Waals surface area contributed by atoms with Gasteiger partial charge in [-0.05, 0) is 65.6 Å². The summed E-state index contributed by atoms with van der Waals surface area (Å²) in [4.78, 5) is 4.66. The van der Waals surface area contributed by atoms with E-state index < -0.39 is 17.1 Å². The monoisotopic (exact) mass is 477 g/mol. The highest BCUT2D eigenvalue weighted by atomic mass is 32.2. The number of halogens is 5. The lowest BCUT2D eigenvalue weighted by molar-refractivity contribution is -0.0328. The lowest BCUT2D eigenvalue weighted by Gasteiger charge is -2.10. The predicted octanol–water partition coefficient (Wildman–Crippen LogP) is 8.98. The zero-order chi connectivity index (χ0) is 24.0. The van der Waals surface area contributed by atoms with Gasteiger partial charge in [0.2, 0.25) is 0 Å². The Balaban J connectivity index is 0.000000968. The van der Waals surface area contributed by atoms with Crippen LogP contribution in [0.4, 0.5) is 22.0 Å². The first-order chi connectivity index (χ1) is 15.7. The van der Waals surface area contributed by atoms with Gasteiger partial charge in [0.05, 0.1) is 11.6 Å². The summed E-state index contributed by atoms with van der Waals surface area (Å²) < 4.78 is 65.4. The van der Waals surface area contributed by atoms with Crippen LogP contribution in [0.25, 0.3) is 11.1 Å². The van der Waals surface area contributed by atoms with Crippen molar-refractivity contribution in [2.75, 3.05) is 0 Å². The van der Waals surface area contributed by atoms with E-state index in [4.69, 9.17) is 0 Å². The Morgan fingerprint density at radius 1 is 0.848 bits per heavy atom. The van der Waals surface area contributed by atoms with Crippen LogP contribution in [0.5, 0.6) is 0 Å². The molecule has 1 heterocycles. The van der Waals surface area contributed by atoms with Crippen LogP contribution < -0.4 is 0 Å². The van der Waals surface area contributed by atoms with Crippen LogP contribution in [0.2, 0.25) is 0 Å². The minimum absolute atomic E-state index is 0.0616. The first-order valence-electron chi connectivity index (χ1n) is 10.7. The molecule has 0 aliphatic carbocycles. The molecule has 0 amide bonds. The van der Waals surface area contributed by atoms with Crippen molar-refractivity contribution in [3.63, 3.8) is 0 Å². The van der Waals surface area contributed by atoms with E-state index in [1.807, 2.05) is 24.3 Å². The molecule has 0 spiro atoms. The number of nitrogens with zero attached hydrogens (tertiary/aromatic N) is 1. The number of aliphatic imine (C=N–C) groups is 1. The van der Waals surface area contributed by atoms with Crippen molar-refractivity contribution in [3.8, 4) is 11.1 Å². The molecule has 174 valence electrons. The van der Waals surface area contributed by atoms with Gasteiger partial charge in [0.15, 0.2) is 0 Å². The molecule has 3 aromatic rings. The van der Waals surface area contributed by atoms with Crippen LogP contribution in [-0.2, 0) is 0 Å². The molecule has 0 bridgehead atoms. The average Bonchev–Trinajstić information content (AvgIpc) is 3.23. The molecule has 0 saturated heterocycles. The molecule has 4 rings (SSSR count). The number of alkyl halides is 3. The van der Waals surface area contributed by atoms with E-state index in [1.165, 1.54) is 36.8 Å². The molecule has 0 N–H and O–H groups in total. The third-order valence-electron chi connectivity index (χ3n) is 4.93. The zero-order valence-electron chi connectivity index (χ0n) is 18.3. The van der Waals surface area contributed by atoms with Crippen LogP contribution in [0, 0.1) is 11.6 Å². The molecule has 0 radical (unpaired) electrons. The summed E-state index contributed by atoms with van der Waals surface area (Å²) in [6, 6.07) is 17.3. The molecule has 7 heteroatoms. The SMILES string of the molecule is CCC.Fc1cccc(F)c1C1=NC(c2ccc(-c3ccc(SC(F)(F)F)cc3)cc2)CC1. The lowest BCUT2D eigenvalue weighted by Crippen LogP contribution is -2.03. The van der Waals surface area contributed by atoms with E-state index >= 15 is 0 Å². The summed E-state index contributed by atoms with van der Waals surface area (Å²) in [5.41, 5.74) is -1.35. The highest BCUT2D eigenvalue weighted by Crippen LogP contribution is 2.38. The normalized spacial score (nSPS) is 15.6. The fourth-order valence-electron chi connectivity index (χ4n) is 3.54. The fraction of sp³-hybridized carbons (Fsp3) is 0.269. The van der Waals surface area contributed by atoms with Crippen LogP contribution in [-0.4, -0.2) is 11.2 Å². The molecule has 0 aromatic heterocycles. The molecule has 0 fully saturated rings. The molecule has 1 unspecified atom stereocenters. The number of hydrogen-bond donors (Lipinski definition) is 0. The quantitative estimate of drug-likeness (QED) is 0.270. The predicted molar refractivity (Wildman–Crippen MR) is 125 cm³/mol. The van der Waals surface area contributed by atoms with Gasteiger partial charge in [-0.2, -0.15) is 13.2 Å². The van der Waals surface area contributed by atoms with Crippen molar-refractivity contribution in [2.24, 2.45) is 4.99 Å². The highest BCUT2D eigenvalue weighted by Gasteiger charge is 2.29. The van der Waals surface area contributed by atoms with Crippen LogP contribution >= 0.6 is 11.8 Å². The standard InChI is InChI=1S/C23H16F5NS.C3H8/c24-18-2-1-3-19(25)22(18)21-13-12-20(29-21)16-6-4-14(5-7-16)15-8-10-17(11-9-15)30-23(26,27)28;1-3-2/h1-11,20H,12-13H2;3H2,1-2H3. The number of rotatable bonds is 4. The first kappa shape index (κ1) is 25.0. The lowest BCUT2D eigenvalue weighted by atomic mass is 9.99. The molecule has 0 saturated carbocycles. The first-order valence-corrected chi connectivity index (χ1v) is 11.5. The number of benzene rings is 3. The van der Waals surface area contributed by atoms with E-state index in [-0.39, 0.29) is 28.3 Å². The third-order valence-corrected chi connectivity index (χ3v) is 5.67. The van der Waals surface area contributed by atoms with Crippen LogP contribution in [0.1, 0.15) is 50.3 Å². The van der Waals surface area contributed by atoms with Gasteiger partial charge in [0.1, 0.15) is 11.6 Å². The fourth-order valence-corrected chi connectivity index (χ4v) is 4.08. The smallest absolute Gasteiger partial charge is 0.281 e. The second-order valence-electron chi connectivity index (χ2n) is 7.63. The van der Waals surface area contributed by atoms with Crippen molar-refractivity contribution in [1.82, 2.24) is 0 Å². The van der Waals surface area contributed by atoms with Gasteiger partial charge in [-0.1, -0.05) is 62.7 Å². The summed E-state index contributed by atoms with van der Waals surface area (Å²) in [6.07, 6.45) is 2.40. The van der Waals surface area contributed by atoms with E-state index in [0.717, 1.165) is 16.7 Å². The minimum atomic E-state index is -4.31. The van der Waals surface area contributed by atoms with E-state index in [2.05, 4.69) is 18.8 Å². The van der Waals surface area contributed by atoms with Gasteiger partial charge in [-0.25, -0.2) is 8.78 Å². The van der Waals surface area contributed by atoms with Gasteiger partial charge < -0.3 is 0 Å². The summed E-state index contributed by atoms with van der Waals surface area (Å²) in [5.74, 6) is -1.23. The second-order valence-corrected chi connectivity index (χ2v) is 8.77. The molecule has 1 aliphatic heterocycles. The molecular weight excluding hydrogens is 453 g/mol. The molecule has 1 nitrogen and oxygen atoms in total. The Bertz CT molecular complexity index is 1070. The molecule has 3 aromatic carbocycles. The van der Waals surface area contributed by atoms with Gasteiger partial charge in [0, 0.05) is 10.6 Å². The highest BCUT2D eigenvalue weighted by molar-refractivity contribution is 8.00. The van der Waals surface area contributed by atoms with Crippen molar-refractivity contribution in [2.45, 2.75) is 49.6 Å². The topological polar surface area (TPSA) is 12.4 Å². The summed E-state index contributed by atoms with van der Waals surface area (Å²) in [5, 5.41) is 0. The number of hydrogen-bond acceptors (Lipinski definition) is 2. The van der Waals surface area contributed by atoms with Gasteiger partial charge in [-0.3, -0.25) is 4.99 Å². The summed E-state index contributed by atoms with van der Waals surface area (Å²) in [6.45, 7) is 4.25. The molecule has 1 aliphatic rings. The van der Waals surface area contributed by atoms with Crippen molar-refractivity contribution in [3.05, 3.63) is 89.5 Å². The summed E-state index contributed by atoms with van der Waals surface area (Å²) in [7, 11) is 0. The van der Waals surface area contributed by atoms with Gasteiger partial charge in [0.25, 0.3) is 0 Å². The maximum Gasteiger partial charge on any atom is 0.446 e. The van der Waals surface area contributed by atoms with Crippen molar-refractivity contribution in [1.29, 1.82) is 0 Å². The average molecular weight is 478 g/mol. The Morgan fingerprint density at radius 3 is 1.88 bits per heavy atom. The Hall–Kier alpha value is -2.67. The van der Waals surface area contributed by atoms with E-state index in [0.29, 0.717) is 18.6 Å². The molecule has 33 heavy (non-hydrogen) atoms. The Morgan fingerprint density at radius 2 is 1.36 bits per heavy atom. The van der Waals surface area contributed by atoms with Crippen LogP contribution in [0.15, 0.2) is 76.6 Å². The van der Waals surface area contributed by atoms with E-state index in [9.17, 15) is 22.0 Å². The maximum atomic E-state index is 14.0. The number of thioether (sulfide) groups is 1. The van der Waals surface area contributed by atoms with Crippen LogP contribution in [0.3, 0.4) is 0 Å².